The van der Waals surface area contributed by atoms with E-state index in [1.807, 2.05) is 43.8 Å². The maximum absolute atomic E-state index is 6.23. The van der Waals surface area contributed by atoms with Gasteiger partial charge in [0.25, 0.3) is 0 Å². The first-order chi connectivity index (χ1) is 9.45. The van der Waals surface area contributed by atoms with Gasteiger partial charge in [0.1, 0.15) is 0 Å². The van der Waals surface area contributed by atoms with Gasteiger partial charge in [-0.05, 0) is 38.0 Å². The SMILES string of the molecule is Cc1nn(C)c(C)c1C(Cc1c(Cl)cccc1Cl)NN. The number of nitrogens with one attached hydrogen (secondary N) is 1. The van der Waals surface area contributed by atoms with E-state index in [9.17, 15) is 0 Å². The summed E-state index contributed by atoms with van der Waals surface area (Å²) in [6, 6.07) is 5.42. The first kappa shape index (κ1) is 15.3. The third-order valence-corrected chi connectivity index (χ3v) is 4.29. The van der Waals surface area contributed by atoms with Gasteiger partial charge >= 0.3 is 0 Å². The van der Waals surface area contributed by atoms with Crippen molar-refractivity contribution in [3.8, 4) is 0 Å². The summed E-state index contributed by atoms with van der Waals surface area (Å²) < 4.78 is 1.85. The molecule has 6 heteroatoms. The molecule has 3 N–H and O–H groups in total. The first-order valence-corrected chi connectivity index (χ1v) is 7.10. The van der Waals surface area contributed by atoms with Crippen molar-refractivity contribution in [2.45, 2.75) is 26.3 Å². The number of aromatic nitrogens is 2. The molecule has 0 saturated heterocycles. The fourth-order valence-corrected chi connectivity index (χ4v) is 3.02. The monoisotopic (exact) mass is 312 g/mol. The van der Waals surface area contributed by atoms with Crippen LogP contribution in [0.5, 0.6) is 0 Å². The van der Waals surface area contributed by atoms with Crippen LogP contribution in [0.25, 0.3) is 0 Å². The summed E-state index contributed by atoms with van der Waals surface area (Å²) >= 11 is 12.5. The lowest BCUT2D eigenvalue weighted by Gasteiger charge is -2.18. The van der Waals surface area contributed by atoms with E-state index < -0.39 is 0 Å². The van der Waals surface area contributed by atoms with Crippen LogP contribution in [0.1, 0.15) is 28.6 Å². The van der Waals surface area contributed by atoms with Gasteiger partial charge in [-0.15, -0.1) is 0 Å². The zero-order valence-electron chi connectivity index (χ0n) is 11.7. The molecule has 2 aromatic rings. The standard InChI is InChI=1S/C14H18Cl2N4/c1-8-14(9(2)20(3)19-8)13(18-17)7-10-11(15)5-4-6-12(10)16/h4-6,13,18H,7,17H2,1-3H3. The molecular formula is C14H18Cl2N4. The predicted molar refractivity (Wildman–Crippen MR) is 82.9 cm³/mol. The molecule has 2 rings (SSSR count). The number of benzene rings is 1. The average molecular weight is 313 g/mol. The van der Waals surface area contributed by atoms with Crippen LogP contribution in [0.3, 0.4) is 0 Å². The summed E-state index contributed by atoms with van der Waals surface area (Å²) in [6.45, 7) is 3.99. The summed E-state index contributed by atoms with van der Waals surface area (Å²) in [7, 11) is 1.92. The van der Waals surface area contributed by atoms with Crippen LogP contribution in [-0.4, -0.2) is 9.78 Å². The molecule has 0 fully saturated rings. The highest BCUT2D eigenvalue weighted by Gasteiger charge is 2.21. The first-order valence-electron chi connectivity index (χ1n) is 6.34. The number of nitrogens with two attached hydrogens (primary N) is 1. The minimum absolute atomic E-state index is 0.0823. The Bertz CT molecular complexity index is 602. The van der Waals surface area contributed by atoms with Crippen LogP contribution in [0.2, 0.25) is 10.0 Å². The average Bonchev–Trinajstić information content (AvgIpc) is 2.64. The Hall–Kier alpha value is -1.07. The lowest BCUT2D eigenvalue weighted by molar-refractivity contribution is 0.546. The van der Waals surface area contributed by atoms with E-state index in [1.165, 1.54) is 0 Å². The molecule has 0 radical (unpaired) electrons. The largest absolute Gasteiger partial charge is 0.272 e. The van der Waals surface area contributed by atoms with E-state index in [-0.39, 0.29) is 6.04 Å². The van der Waals surface area contributed by atoms with Gasteiger partial charge in [-0.2, -0.15) is 5.10 Å². The number of hydrogen-bond acceptors (Lipinski definition) is 3. The van der Waals surface area contributed by atoms with Crippen molar-refractivity contribution in [2.24, 2.45) is 12.9 Å². The van der Waals surface area contributed by atoms with E-state index >= 15 is 0 Å². The minimum atomic E-state index is -0.0823. The van der Waals surface area contributed by atoms with Crippen molar-refractivity contribution < 1.29 is 0 Å². The molecule has 1 heterocycles. The third-order valence-electron chi connectivity index (χ3n) is 3.58. The highest BCUT2D eigenvalue weighted by atomic mass is 35.5. The van der Waals surface area contributed by atoms with Crippen LogP contribution < -0.4 is 11.3 Å². The summed E-state index contributed by atoms with van der Waals surface area (Å²) in [5.41, 5.74) is 6.86. The fourth-order valence-electron chi connectivity index (χ4n) is 2.47. The molecule has 1 aromatic carbocycles. The maximum Gasteiger partial charge on any atom is 0.0644 e. The number of hydrogen-bond donors (Lipinski definition) is 2. The Morgan fingerprint density at radius 2 is 1.90 bits per heavy atom. The van der Waals surface area contributed by atoms with E-state index in [4.69, 9.17) is 29.0 Å². The Morgan fingerprint density at radius 3 is 2.35 bits per heavy atom. The lowest BCUT2D eigenvalue weighted by atomic mass is 9.97. The molecular weight excluding hydrogens is 295 g/mol. The molecule has 20 heavy (non-hydrogen) atoms. The molecule has 1 atom stereocenters. The molecule has 0 spiro atoms. The van der Waals surface area contributed by atoms with E-state index in [0.29, 0.717) is 16.5 Å². The Morgan fingerprint density at radius 1 is 1.30 bits per heavy atom. The molecule has 0 amide bonds. The summed E-state index contributed by atoms with van der Waals surface area (Å²) in [5, 5.41) is 5.72. The van der Waals surface area contributed by atoms with Crippen LogP contribution in [0.4, 0.5) is 0 Å². The Labute approximate surface area is 128 Å². The van der Waals surface area contributed by atoms with Gasteiger partial charge in [0.05, 0.1) is 11.7 Å². The van der Waals surface area contributed by atoms with Gasteiger partial charge in [0.15, 0.2) is 0 Å². The number of hydrazine groups is 1. The Balaban J connectivity index is 2.39. The van der Waals surface area contributed by atoms with Crippen LogP contribution in [-0.2, 0) is 13.5 Å². The van der Waals surface area contributed by atoms with Gasteiger partial charge in [0, 0.05) is 28.4 Å². The topological polar surface area (TPSA) is 55.9 Å². The van der Waals surface area contributed by atoms with Gasteiger partial charge in [-0.25, -0.2) is 0 Å². The van der Waals surface area contributed by atoms with Crippen molar-refractivity contribution in [1.29, 1.82) is 0 Å². The molecule has 0 saturated carbocycles. The van der Waals surface area contributed by atoms with Crippen LogP contribution in [0, 0.1) is 13.8 Å². The highest BCUT2D eigenvalue weighted by Crippen LogP contribution is 2.31. The van der Waals surface area contributed by atoms with E-state index in [0.717, 1.165) is 22.5 Å². The number of rotatable bonds is 4. The molecule has 1 aromatic heterocycles. The van der Waals surface area contributed by atoms with Crippen molar-refractivity contribution in [1.82, 2.24) is 15.2 Å². The second-order valence-corrected chi connectivity index (χ2v) is 5.65. The third kappa shape index (κ3) is 2.83. The molecule has 0 aliphatic rings. The summed E-state index contributed by atoms with van der Waals surface area (Å²) in [4.78, 5) is 0. The van der Waals surface area contributed by atoms with Crippen LogP contribution >= 0.6 is 23.2 Å². The zero-order chi connectivity index (χ0) is 14.9. The zero-order valence-corrected chi connectivity index (χ0v) is 13.3. The molecule has 108 valence electrons. The van der Waals surface area contributed by atoms with Gasteiger partial charge in [0.2, 0.25) is 0 Å². The molecule has 4 nitrogen and oxygen atoms in total. The second-order valence-electron chi connectivity index (χ2n) is 4.83. The van der Waals surface area contributed by atoms with E-state index in [2.05, 4.69) is 10.5 Å². The number of aryl methyl sites for hydroxylation is 2. The summed E-state index contributed by atoms with van der Waals surface area (Å²) in [5.74, 6) is 5.73. The lowest BCUT2D eigenvalue weighted by Crippen LogP contribution is -2.30. The summed E-state index contributed by atoms with van der Waals surface area (Å²) in [6.07, 6.45) is 0.613. The number of nitrogens with zero attached hydrogens (tertiary/aromatic N) is 2. The normalized spacial score (nSPS) is 12.7. The van der Waals surface area contributed by atoms with Crippen molar-refractivity contribution >= 4 is 23.2 Å². The van der Waals surface area contributed by atoms with Gasteiger partial charge < -0.3 is 0 Å². The second kappa shape index (κ2) is 6.14. The number of halogens is 2. The van der Waals surface area contributed by atoms with E-state index in [1.54, 1.807) is 0 Å². The highest BCUT2D eigenvalue weighted by molar-refractivity contribution is 6.36. The fraction of sp³-hybridized carbons (Fsp3) is 0.357. The van der Waals surface area contributed by atoms with Crippen LogP contribution in [0.15, 0.2) is 18.2 Å². The van der Waals surface area contributed by atoms with Gasteiger partial charge in [-0.1, -0.05) is 29.3 Å². The maximum atomic E-state index is 6.23. The quantitative estimate of drug-likeness (QED) is 0.674. The Kier molecular flexibility index (Phi) is 4.70. The van der Waals surface area contributed by atoms with Gasteiger partial charge in [-0.3, -0.25) is 16.0 Å². The minimum Gasteiger partial charge on any atom is -0.272 e. The molecule has 0 aliphatic carbocycles. The molecule has 0 aliphatic heterocycles. The van der Waals surface area contributed by atoms with Crippen molar-refractivity contribution in [3.05, 3.63) is 50.8 Å². The van der Waals surface area contributed by atoms with Crippen molar-refractivity contribution in [3.63, 3.8) is 0 Å². The molecule has 1 unspecified atom stereocenters. The smallest absolute Gasteiger partial charge is 0.0644 e. The molecule has 0 bridgehead atoms. The van der Waals surface area contributed by atoms with Crippen molar-refractivity contribution in [2.75, 3.05) is 0 Å². The predicted octanol–water partition coefficient (Wildman–Crippen LogP) is 3.09.